The molecule has 0 N–H and O–H groups in total. The summed E-state index contributed by atoms with van der Waals surface area (Å²) in [7, 11) is 0. The lowest BCUT2D eigenvalue weighted by Crippen LogP contribution is -1.86. The van der Waals surface area contributed by atoms with Crippen LogP contribution in [0, 0.1) is 0 Å². The third-order valence-electron chi connectivity index (χ3n) is 2.32. The standard InChI is InChI=1S/C13H14/c1-3-7-12(8-4-1)11-13-9-5-2-6-10-13/h1,3-5,7-9,11H,2,6,10H2. The lowest BCUT2D eigenvalue weighted by atomic mass is 10.00. The first-order valence-electron chi connectivity index (χ1n) is 4.87. The first-order chi connectivity index (χ1) is 6.45. The van der Waals surface area contributed by atoms with Gasteiger partial charge in [0.05, 0.1) is 0 Å². The topological polar surface area (TPSA) is 0 Å². The van der Waals surface area contributed by atoms with Crippen molar-refractivity contribution < 1.29 is 0 Å². The Hall–Kier alpha value is -1.30. The van der Waals surface area contributed by atoms with Crippen LogP contribution < -0.4 is 0 Å². The Balaban J connectivity index is 2.20. The molecule has 1 aromatic rings. The molecule has 0 fully saturated rings. The van der Waals surface area contributed by atoms with E-state index in [0.29, 0.717) is 0 Å². The summed E-state index contributed by atoms with van der Waals surface area (Å²) in [6.45, 7) is 0. The number of hydrogen-bond donors (Lipinski definition) is 0. The van der Waals surface area contributed by atoms with Crippen LogP contribution in [0.3, 0.4) is 0 Å². The van der Waals surface area contributed by atoms with E-state index in [1.54, 1.807) is 0 Å². The van der Waals surface area contributed by atoms with Crippen molar-refractivity contribution in [3.63, 3.8) is 0 Å². The molecule has 0 saturated heterocycles. The molecule has 0 spiro atoms. The van der Waals surface area contributed by atoms with E-state index >= 15 is 0 Å². The van der Waals surface area contributed by atoms with E-state index in [2.05, 4.69) is 48.6 Å². The van der Waals surface area contributed by atoms with Gasteiger partial charge in [0.1, 0.15) is 0 Å². The molecule has 0 saturated carbocycles. The molecule has 0 nitrogen and oxygen atoms in total. The van der Waals surface area contributed by atoms with Gasteiger partial charge in [-0.05, 0) is 30.4 Å². The van der Waals surface area contributed by atoms with Gasteiger partial charge in [0.25, 0.3) is 0 Å². The van der Waals surface area contributed by atoms with Gasteiger partial charge in [-0.3, -0.25) is 0 Å². The Morgan fingerprint density at radius 1 is 1.08 bits per heavy atom. The maximum atomic E-state index is 2.27. The highest BCUT2D eigenvalue weighted by Gasteiger charge is 1.98. The van der Waals surface area contributed by atoms with Crippen LogP contribution in [0.5, 0.6) is 0 Å². The molecule has 0 atom stereocenters. The van der Waals surface area contributed by atoms with Gasteiger partial charge < -0.3 is 0 Å². The van der Waals surface area contributed by atoms with Crippen LogP contribution in [-0.2, 0) is 0 Å². The van der Waals surface area contributed by atoms with Crippen molar-refractivity contribution in [3.8, 4) is 0 Å². The highest BCUT2D eigenvalue weighted by Crippen LogP contribution is 2.18. The van der Waals surface area contributed by atoms with E-state index in [4.69, 9.17) is 0 Å². The van der Waals surface area contributed by atoms with Crippen molar-refractivity contribution >= 4 is 6.08 Å². The number of allylic oxidation sites excluding steroid dienone is 3. The monoisotopic (exact) mass is 170 g/mol. The average molecular weight is 170 g/mol. The zero-order chi connectivity index (χ0) is 8.93. The maximum absolute atomic E-state index is 2.27. The quantitative estimate of drug-likeness (QED) is 0.601. The molecule has 0 aromatic heterocycles. The molecule has 1 aliphatic carbocycles. The molecule has 0 heteroatoms. The zero-order valence-corrected chi connectivity index (χ0v) is 7.74. The smallest absolute Gasteiger partial charge is 0.0254 e. The van der Waals surface area contributed by atoms with Crippen LogP contribution in [0.1, 0.15) is 24.8 Å². The summed E-state index contributed by atoms with van der Waals surface area (Å²) in [5.74, 6) is 0. The normalized spacial score (nSPS) is 19.2. The predicted octanol–water partition coefficient (Wildman–Crippen LogP) is 3.81. The molecule has 0 bridgehead atoms. The zero-order valence-electron chi connectivity index (χ0n) is 7.74. The molecule has 0 unspecified atom stereocenters. The highest BCUT2D eigenvalue weighted by molar-refractivity contribution is 5.55. The summed E-state index contributed by atoms with van der Waals surface area (Å²) < 4.78 is 0. The van der Waals surface area contributed by atoms with Crippen LogP contribution in [0.15, 0.2) is 48.1 Å². The van der Waals surface area contributed by atoms with Crippen LogP contribution in [0.4, 0.5) is 0 Å². The second-order valence-corrected chi connectivity index (χ2v) is 3.42. The second kappa shape index (κ2) is 4.08. The van der Waals surface area contributed by atoms with E-state index in [9.17, 15) is 0 Å². The van der Waals surface area contributed by atoms with Gasteiger partial charge in [-0.1, -0.05) is 48.6 Å². The fraction of sp³-hybridized carbons (Fsp3) is 0.231. The molecular weight excluding hydrogens is 156 g/mol. The van der Waals surface area contributed by atoms with E-state index in [1.807, 2.05) is 0 Å². The van der Waals surface area contributed by atoms with Crippen LogP contribution >= 0.6 is 0 Å². The lowest BCUT2D eigenvalue weighted by molar-refractivity contribution is 0.825. The molecule has 2 rings (SSSR count). The summed E-state index contributed by atoms with van der Waals surface area (Å²) >= 11 is 0. The highest BCUT2D eigenvalue weighted by atomic mass is 14.0. The van der Waals surface area contributed by atoms with Crippen LogP contribution in [0.2, 0.25) is 0 Å². The van der Waals surface area contributed by atoms with E-state index in [0.717, 1.165) is 0 Å². The molecular formula is C13H14. The SMILES string of the molecule is C1=CC(=Cc2ccccc2)CCC1. The van der Waals surface area contributed by atoms with Crippen LogP contribution in [0.25, 0.3) is 6.08 Å². The number of benzene rings is 1. The molecule has 66 valence electrons. The minimum Gasteiger partial charge on any atom is -0.0843 e. The minimum atomic E-state index is 1.23. The van der Waals surface area contributed by atoms with Gasteiger partial charge in [0, 0.05) is 0 Å². The van der Waals surface area contributed by atoms with E-state index in [-0.39, 0.29) is 0 Å². The van der Waals surface area contributed by atoms with Crippen molar-refractivity contribution in [1.29, 1.82) is 0 Å². The van der Waals surface area contributed by atoms with Crippen molar-refractivity contribution in [1.82, 2.24) is 0 Å². The minimum absolute atomic E-state index is 1.23. The van der Waals surface area contributed by atoms with Gasteiger partial charge in [-0.15, -0.1) is 0 Å². The fourth-order valence-electron chi connectivity index (χ4n) is 1.63. The Morgan fingerprint density at radius 3 is 2.62 bits per heavy atom. The van der Waals surface area contributed by atoms with Gasteiger partial charge in [-0.2, -0.15) is 0 Å². The van der Waals surface area contributed by atoms with Crippen molar-refractivity contribution in [3.05, 3.63) is 53.6 Å². The summed E-state index contributed by atoms with van der Waals surface area (Å²) in [4.78, 5) is 0. The number of rotatable bonds is 1. The lowest BCUT2D eigenvalue weighted by Gasteiger charge is -2.06. The summed E-state index contributed by atoms with van der Waals surface area (Å²) in [5.41, 5.74) is 2.77. The summed E-state index contributed by atoms with van der Waals surface area (Å²) in [6.07, 6.45) is 10.6. The maximum Gasteiger partial charge on any atom is -0.0254 e. The van der Waals surface area contributed by atoms with E-state index in [1.165, 1.54) is 30.4 Å². The largest absolute Gasteiger partial charge is 0.0843 e. The molecule has 13 heavy (non-hydrogen) atoms. The molecule has 0 amide bonds. The van der Waals surface area contributed by atoms with Gasteiger partial charge in [0.15, 0.2) is 0 Å². The van der Waals surface area contributed by atoms with Crippen LogP contribution in [-0.4, -0.2) is 0 Å². The predicted molar refractivity (Wildman–Crippen MR) is 57.4 cm³/mol. The molecule has 0 heterocycles. The molecule has 0 radical (unpaired) electrons. The third-order valence-corrected chi connectivity index (χ3v) is 2.32. The van der Waals surface area contributed by atoms with Gasteiger partial charge in [-0.25, -0.2) is 0 Å². The Labute approximate surface area is 79.6 Å². The Bertz CT molecular complexity index is 317. The van der Waals surface area contributed by atoms with Crippen molar-refractivity contribution in [2.24, 2.45) is 0 Å². The third kappa shape index (κ3) is 2.32. The van der Waals surface area contributed by atoms with Gasteiger partial charge >= 0.3 is 0 Å². The Morgan fingerprint density at radius 2 is 1.92 bits per heavy atom. The van der Waals surface area contributed by atoms with Gasteiger partial charge in [0.2, 0.25) is 0 Å². The first kappa shape index (κ1) is 8.31. The van der Waals surface area contributed by atoms with Crippen molar-refractivity contribution in [2.75, 3.05) is 0 Å². The Kier molecular flexibility index (Phi) is 2.61. The average Bonchev–Trinajstić information content (AvgIpc) is 2.21. The summed E-state index contributed by atoms with van der Waals surface area (Å²) in [6, 6.07) is 10.5. The molecule has 0 aliphatic heterocycles. The van der Waals surface area contributed by atoms with Crippen molar-refractivity contribution in [2.45, 2.75) is 19.3 Å². The van der Waals surface area contributed by atoms with E-state index < -0.39 is 0 Å². The fourth-order valence-corrected chi connectivity index (χ4v) is 1.63. The second-order valence-electron chi connectivity index (χ2n) is 3.42. The number of hydrogen-bond acceptors (Lipinski definition) is 0. The summed E-state index contributed by atoms with van der Waals surface area (Å²) in [5, 5.41) is 0. The first-order valence-corrected chi connectivity index (χ1v) is 4.87. The molecule has 1 aromatic carbocycles. The molecule has 1 aliphatic rings.